The van der Waals surface area contributed by atoms with E-state index in [4.69, 9.17) is 11.5 Å². The Labute approximate surface area is 117 Å². The van der Waals surface area contributed by atoms with Crippen molar-refractivity contribution in [2.75, 3.05) is 0 Å². The number of benzene rings is 1. The average molecular weight is 275 g/mol. The average Bonchev–Trinajstić information content (AvgIpc) is 2.36. The van der Waals surface area contributed by atoms with Crippen molar-refractivity contribution < 1.29 is 9.18 Å². The summed E-state index contributed by atoms with van der Waals surface area (Å²) in [5.41, 5.74) is 12.2. The molecule has 1 aromatic rings. The zero-order valence-electron chi connectivity index (χ0n) is 11.1. The Balaban J connectivity index is 2.73. The molecule has 5 N–H and O–H groups in total. The van der Waals surface area contributed by atoms with Crippen molar-refractivity contribution in [1.29, 1.82) is 0 Å². The van der Waals surface area contributed by atoms with Crippen LogP contribution in [0.5, 0.6) is 0 Å². The molecule has 0 atom stereocenters. The SMILES string of the molecule is C=C(/C=C(\C=C/N)CCc1ccccc1F)NC(N)=O. The highest BCUT2D eigenvalue weighted by molar-refractivity contribution is 5.74. The van der Waals surface area contributed by atoms with E-state index >= 15 is 0 Å². The van der Waals surface area contributed by atoms with Gasteiger partial charge in [0, 0.05) is 5.70 Å². The number of halogens is 1. The zero-order chi connectivity index (χ0) is 15.0. The summed E-state index contributed by atoms with van der Waals surface area (Å²) in [4.78, 5) is 10.7. The third kappa shape index (κ3) is 5.39. The van der Waals surface area contributed by atoms with E-state index in [1.54, 1.807) is 30.4 Å². The fourth-order valence-electron chi connectivity index (χ4n) is 1.73. The summed E-state index contributed by atoms with van der Waals surface area (Å²) >= 11 is 0. The van der Waals surface area contributed by atoms with Gasteiger partial charge in [0.2, 0.25) is 0 Å². The number of amides is 2. The van der Waals surface area contributed by atoms with Gasteiger partial charge >= 0.3 is 6.03 Å². The van der Waals surface area contributed by atoms with E-state index in [0.717, 1.165) is 5.57 Å². The standard InChI is InChI=1S/C15H18FN3O/c1-11(19-15(18)20)10-12(8-9-17)6-7-13-4-2-3-5-14(13)16/h2-5,8-10H,1,6-7,17H2,(H3,18,19,20)/b9-8-,12-10-. The van der Waals surface area contributed by atoms with Crippen LogP contribution in [0.3, 0.4) is 0 Å². The Kier molecular flexibility index (Phi) is 6.03. The fourth-order valence-corrected chi connectivity index (χ4v) is 1.73. The topological polar surface area (TPSA) is 81.1 Å². The van der Waals surface area contributed by atoms with E-state index in [9.17, 15) is 9.18 Å². The van der Waals surface area contributed by atoms with E-state index < -0.39 is 6.03 Å². The number of nitrogens with two attached hydrogens (primary N) is 2. The minimum atomic E-state index is -0.684. The lowest BCUT2D eigenvalue weighted by atomic mass is 10.0. The molecule has 0 spiro atoms. The minimum Gasteiger partial charge on any atom is -0.405 e. The van der Waals surface area contributed by atoms with Gasteiger partial charge in [-0.2, -0.15) is 0 Å². The lowest BCUT2D eigenvalue weighted by Crippen LogP contribution is -2.27. The summed E-state index contributed by atoms with van der Waals surface area (Å²) in [6.07, 6.45) is 5.79. The van der Waals surface area contributed by atoms with Crippen LogP contribution in [0.25, 0.3) is 0 Å². The van der Waals surface area contributed by atoms with Crippen molar-refractivity contribution in [3.05, 3.63) is 71.8 Å². The molecule has 0 aromatic heterocycles. The van der Waals surface area contributed by atoms with Gasteiger partial charge in [-0.3, -0.25) is 0 Å². The number of primary amides is 1. The molecule has 1 aromatic carbocycles. The Bertz CT molecular complexity index is 550. The Morgan fingerprint density at radius 3 is 2.70 bits per heavy atom. The monoisotopic (exact) mass is 275 g/mol. The lowest BCUT2D eigenvalue weighted by molar-refractivity contribution is 0.251. The number of hydrogen-bond acceptors (Lipinski definition) is 2. The number of carbonyl (C=O) groups excluding carboxylic acids is 1. The normalized spacial score (nSPS) is 11.6. The van der Waals surface area contributed by atoms with Gasteiger partial charge in [-0.1, -0.05) is 24.8 Å². The van der Waals surface area contributed by atoms with Crippen LogP contribution in [-0.2, 0) is 6.42 Å². The van der Waals surface area contributed by atoms with Crippen LogP contribution in [0, 0.1) is 5.82 Å². The predicted molar refractivity (Wildman–Crippen MR) is 78.0 cm³/mol. The first kappa shape index (κ1) is 15.5. The van der Waals surface area contributed by atoms with Crippen LogP contribution < -0.4 is 16.8 Å². The van der Waals surface area contributed by atoms with Crippen molar-refractivity contribution in [1.82, 2.24) is 5.32 Å². The van der Waals surface area contributed by atoms with Gasteiger partial charge in [0.1, 0.15) is 5.82 Å². The highest BCUT2D eigenvalue weighted by Gasteiger charge is 2.03. The van der Waals surface area contributed by atoms with Gasteiger partial charge in [0.05, 0.1) is 0 Å². The number of carbonyl (C=O) groups is 1. The number of hydrogen-bond donors (Lipinski definition) is 3. The quantitative estimate of drug-likeness (QED) is 0.696. The lowest BCUT2D eigenvalue weighted by Gasteiger charge is -2.06. The Hall–Kier alpha value is -2.56. The maximum absolute atomic E-state index is 13.5. The van der Waals surface area contributed by atoms with Gasteiger partial charge in [0.15, 0.2) is 0 Å². The molecule has 20 heavy (non-hydrogen) atoms. The van der Waals surface area contributed by atoms with Crippen molar-refractivity contribution >= 4 is 6.03 Å². The van der Waals surface area contributed by atoms with E-state index in [1.165, 1.54) is 12.3 Å². The van der Waals surface area contributed by atoms with Crippen LogP contribution in [0.4, 0.5) is 9.18 Å². The zero-order valence-corrected chi connectivity index (χ0v) is 11.1. The second kappa shape index (κ2) is 7.78. The summed E-state index contributed by atoms with van der Waals surface area (Å²) in [6, 6.07) is 5.90. The number of nitrogens with one attached hydrogen (secondary N) is 1. The molecule has 0 bridgehead atoms. The van der Waals surface area contributed by atoms with Crippen LogP contribution in [0.15, 0.2) is 60.5 Å². The molecule has 0 unspecified atom stereocenters. The van der Waals surface area contributed by atoms with Gasteiger partial charge in [-0.05, 0) is 48.4 Å². The van der Waals surface area contributed by atoms with Gasteiger partial charge in [-0.15, -0.1) is 0 Å². The molecule has 1 rings (SSSR count). The number of urea groups is 1. The second-order valence-corrected chi connectivity index (χ2v) is 4.18. The van der Waals surface area contributed by atoms with Crippen molar-refractivity contribution in [3.8, 4) is 0 Å². The van der Waals surface area contributed by atoms with Crippen LogP contribution >= 0.6 is 0 Å². The van der Waals surface area contributed by atoms with Crippen molar-refractivity contribution in [2.24, 2.45) is 11.5 Å². The first-order valence-corrected chi connectivity index (χ1v) is 6.10. The van der Waals surface area contributed by atoms with E-state index in [0.29, 0.717) is 24.1 Å². The maximum Gasteiger partial charge on any atom is 0.316 e. The smallest absolute Gasteiger partial charge is 0.316 e. The molecule has 0 aliphatic heterocycles. The van der Waals surface area contributed by atoms with Crippen LogP contribution in [0.2, 0.25) is 0 Å². The van der Waals surface area contributed by atoms with Gasteiger partial charge in [-0.25, -0.2) is 9.18 Å². The second-order valence-electron chi connectivity index (χ2n) is 4.18. The third-order valence-electron chi connectivity index (χ3n) is 2.59. The molecule has 0 saturated heterocycles. The molecular weight excluding hydrogens is 257 g/mol. The highest BCUT2D eigenvalue weighted by atomic mass is 19.1. The molecule has 0 aliphatic rings. The summed E-state index contributed by atoms with van der Waals surface area (Å²) in [6.45, 7) is 3.65. The summed E-state index contributed by atoms with van der Waals surface area (Å²) in [5.74, 6) is -0.238. The molecule has 4 nitrogen and oxygen atoms in total. The van der Waals surface area contributed by atoms with Gasteiger partial charge < -0.3 is 16.8 Å². The highest BCUT2D eigenvalue weighted by Crippen LogP contribution is 2.14. The van der Waals surface area contributed by atoms with Crippen LogP contribution in [0.1, 0.15) is 12.0 Å². The maximum atomic E-state index is 13.5. The molecule has 2 amide bonds. The Morgan fingerprint density at radius 2 is 2.10 bits per heavy atom. The molecule has 0 radical (unpaired) electrons. The first-order valence-electron chi connectivity index (χ1n) is 6.10. The Morgan fingerprint density at radius 1 is 1.40 bits per heavy atom. The van der Waals surface area contributed by atoms with E-state index in [-0.39, 0.29) is 5.82 Å². The van der Waals surface area contributed by atoms with Crippen LogP contribution in [-0.4, -0.2) is 6.03 Å². The largest absolute Gasteiger partial charge is 0.405 e. The predicted octanol–water partition coefficient (Wildman–Crippen LogP) is 2.34. The molecule has 0 saturated carbocycles. The molecule has 0 aliphatic carbocycles. The third-order valence-corrected chi connectivity index (χ3v) is 2.59. The molecule has 0 fully saturated rings. The summed E-state index contributed by atoms with van der Waals surface area (Å²) in [7, 11) is 0. The molecule has 0 heterocycles. The first-order chi connectivity index (χ1) is 9.52. The minimum absolute atomic E-state index is 0.238. The summed E-state index contributed by atoms with van der Waals surface area (Å²) < 4.78 is 13.5. The number of aryl methyl sites for hydroxylation is 1. The molecule has 5 heteroatoms. The molecular formula is C15H18FN3O. The summed E-state index contributed by atoms with van der Waals surface area (Å²) in [5, 5.41) is 2.36. The number of rotatable bonds is 6. The fraction of sp³-hybridized carbons (Fsp3) is 0.133. The van der Waals surface area contributed by atoms with E-state index in [1.807, 2.05) is 0 Å². The van der Waals surface area contributed by atoms with Gasteiger partial charge in [0.25, 0.3) is 0 Å². The van der Waals surface area contributed by atoms with Crippen molar-refractivity contribution in [2.45, 2.75) is 12.8 Å². The van der Waals surface area contributed by atoms with Crippen molar-refractivity contribution in [3.63, 3.8) is 0 Å². The van der Waals surface area contributed by atoms with E-state index in [2.05, 4.69) is 11.9 Å². The molecule has 106 valence electrons. The number of allylic oxidation sites excluding steroid dienone is 3.